The predicted molar refractivity (Wildman–Crippen MR) is 147 cm³/mol. The first-order valence-corrected chi connectivity index (χ1v) is 13.2. The van der Waals surface area contributed by atoms with Crippen molar-refractivity contribution in [3.8, 4) is 11.3 Å². The number of hydrogen-bond donors (Lipinski definition) is 0. The summed E-state index contributed by atoms with van der Waals surface area (Å²) in [6.45, 7) is 7.48. The number of hydrogen-bond acceptors (Lipinski definition) is 5. The van der Waals surface area contributed by atoms with Crippen LogP contribution < -0.4 is 4.90 Å². The Kier molecular flexibility index (Phi) is 9.12. The van der Waals surface area contributed by atoms with Gasteiger partial charge in [-0.2, -0.15) is 0 Å². The lowest BCUT2D eigenvalue weighted by Gasteiger charge is -2.28. The quantitative estimate of drug-likeness (QED) is 0.436. The van der Waals surface area contributed by atoms with Crippen LogP contribution in [0, 0.1) is 5.92 Å². The third-order valence-electron chi connectivity index (χ3n) is 6.44. The van der Waals surface area contributed by atoms with Gasteiger partial charge in [0.1, 0.15) is 0 Å². The summed E-state index contributed by atoms with van der Waals surface area (Å²) in [5.41, 5.74) is 2.54. The Morgan fingerprint density at radius 3 is 2.38 bits per heavy atom. The molecule has 0 aliphatic carbocycles. The van der Waals surface area contributed by atoms with Gasteiger partial charge in [-0.25, -0.2) is 0 Å². The summed E-state index contributed by atoms with van der Waals surface area (Å²) in [5.74, 6) is 1.03. The van der Waals surface area contributed by atoms with Crippen LogP contribution in [0.4, 0.5) is 5.82 Å². The van der Waals surface area contributed by atoms with Crippen molar-refractivity contribution in [2.24, 2.45) is 5.92 Å². The van der Waals surface area contributed by atoms with Crippen LogP contribution in [0.25, 0.3) is 11.3 Å². The van der Waals surface area contributed by atoms with Crippen LogP contribution in [0.2, 0.25) is 5.02 Å². The summed E-state index contributed by atoms with van der Waals surface area (Å²) in [4.78, 5) is 32.0. The summed E-state index contributed by atoms with van der Waals surface area (Å²) < 4.78 is 0. The molecule has 2 heterocycles. The molecule has 0 spiro atoms. The highest BCUT2D eigenvalue weighted by Gasteiger charge is 2.24. The van der Waals surface area contributed by atoms with E-state index < -0.39 is 0 Å². The molecule has 0 N–H and O–H groups in total. The van der Waals surface area contributed by atoms with E-state index in [2.05, 4.69) is 28.9 Å². The first-order valence-electron chi connectivity index (χ1n) is 12.8. The second kappa shape index (κ2) is 12.7. The van der Waals surface area contributed by atoms with E-state index in [1.807, 2.05) is 71.6 Å². The van der Waals surface area contributed by atoms with Crippen molar-refractivity contribution >= 4 is 29.2 Å². The van der Waals surface area contributed by atoms with Crippen molar-refractivity contribution < 1.29 is 9.59 Å². The second-order valence-corrected chi connectivity index (χ2v) is 10.2. The first-order chi connectivity index (χ1) is 17.9. The molecule has 1 fully saturated rings. The molecule has 37 heavy (non-hydrogen) atoms. The Morgan fingerprint density at radius 2 is 1.68 bits per heavy atom. The number of aromatic nitrogens is 2. The monoisotopic (exact) mass is 519 g/mol. The zero-order valence-electron chi connectivity index (χ0n) is 21.5. The highest BCUT2D eigenvalue weighted by Crippen LogP contribution is 2.26. The lowest BCUT2D eigenvalue weighted by Crippen LogP contribution is -2.45. The van der Waals surface area contributed by atoms with Gasteiger partial charge < -0.3 is 14.7 Å². The maximum absolute atomic E-state index is 13.2. The minimum atomic E-state index is -0.0152. The van der Waals surface area contributed by atoms with E-state index in [0.29, 0.717) is 37.6 Å². The van der Waals surface area contributed by atoms with Gasteiger partial charge in [0.2, 0.25) is 11.8 Å². The minimum Gasteiger partial charge on any atom is -0.353 e. The summed E-state index contributed by atoms with van der Waals surface area (Å²) >= 11 is 6.30. The average molecular weight is 520 g/mol. The van der Waals surface area contributed by atoms with Crippen molar-refractivity contribution in [3.63, 3.8) is 0 Å². The van der Waals surface area contributed by atoms with Gasteiger partial charge in [-0.15, -0.1) is 10.2 Å². The Hall–Kier alpha value is -3.45. The molecule has 2 aromatic carbocycles. The summed E-state index contributed by atoms with van der Waals surface area (Å²) in [6, 6.07) is 21.1. The van der Waals surface area contributed by atoms with Crippen molar-refractivity contribution in [2.45, 2.75) is 26.7 Å². The molecular formula is C29H34ClN5O2. The van der Waals surface area contributed by atoms with Crippen molar-refractivity contribution in [1.82, 2.24) is 20.0 Å². The molecule has 8 heteroatoms. The number of carbonyl (C=O) groups excluding carboxylic acids is 2. The first kappa shape index (κ1) is 26.6. The zero-order valence-corrected chi connectivity index (χ0v) is 22.3. The van der Waals surface area contributed by atoms with E-state index in [1.165, 1.54) is 0 Å². The van der Waals surface area contributed by atoms with Crippen molar-refractivity contribution in [1.29, 1.82) is 0 Å². The van der Waals surface area contributed by atoms with Crippen molar-refractivity contribution in [3.05, 3.63) is 77.3 Å². The molecule has 0 bridgehead atoms. The van der Waals surface area contributed by atoms with Crippen LogP contribution in [0.5, 0.6) is 0 Å². The molecule has 7 nitrogen and oxygen atoms in total. The number of anilines is 1. The predicted octanol–water partition coefficient (Wildman–Crippen LogP) is 4.56. The number of carbonyl (C=O) groups is 2. The smallest absolute Gasteiger partial charge is 0.242 e. The van der Waals surface area contributed by atoms with Crippen LogP contribution in [0.15, 0.2) is 66.7 Å². The summed E-state index contributed by atoms with van der Waals surface area (Å²) in [6.07, 6.45) is 1.12. The minimum absolute atomic E-state index is 0.0101. The molecule has 1 aliphatic rings. The zero-order chi connectivity index (χ0) is 26.2. The lowest BCUT2D eigenvalue weighted by atomic mass is 10.1. The van der Waals surface area contributed by atoms with Crippen molar-refractivity contribution in [2.75, 3.05) is 44.2 Å². The van der Waals surface area contributed by atoms with Gasteiger partial charge in [0.15, 0.2) is 5.82 Å². The van der Waals surface area contributed by atoms with Crippen LogP contribution in [0.3, 0.4) is 0 Å². The maximum atomic E-state index is 13.2. The third kappa shape index (κ3) is 7.29. The molecular weight excluding hydrogens is 486 g/mol. The maximum Gasteiger partial charge on any atom is 0.242 e. The van der Waals surface area contributed by atoms with E-state index in [-0.39, 0.29) is 24.3 Å². The van der Waals surface area contributed by atoms with Gasteiger partial charge in [-0.1, -0.05) is 74.0 Å². The third-order valence-corrected chi connectivity index (χ3v) is 6.76. The molecule has 0 radical (unpaired) electrons. The largest absolute Gasteiger partial charge is 0.353 e. The molecule has 0 saturated carbocycles. The molecule has 0 unspecified atom stereocenters. The molecule has 3 aromatic rings. The fraction of sp³-hybridized carbons (Fsp3) is 0.379. The Morgan fingerprint density at radius 1 is 0.919 bits per heavy atom. The summed E-state index contributed by atoms with van der Waals surface area (Å²) in [7, 11) is 0. The van der Waals surface area contributed by atoms with Crippen LogP contribution in [-0.4, -0.2) is 71.1 Å². The van der Waals surface area contributed by atoms with Gasteiger partial charge in [0.05, 0.1) is 23.7 Å². The van der Waals surface area contributed by atoms with E-state index >= 15 is 0 Å². The number of nitrogens with zero attached hydrogens (tertiary/aromatic N) is 5. The Labute approximate surface area is 224 Å². The molecule has 2 amide bonds. The van der Waals surface area contributed by atoms with Crippen LogP contribution in [-0.2, 0) is 16.0 Å². The molecule has 194 valence electrons. The van der Waals surface area contributed by atoms with Crippen LogP contribution in [0.1, 0.15) is 25.8 Å². The van der Waals surface area contributed by atoms with Gasteiger partial charge in [0, 0.05) is 38.3 Å². The standard InChI is InChI=1S/C29H34ClN5O2/c1-22(2)20-35(28(36)19-23-9-4-3-5-10-23)21-29(37)34-16-8-15-33(17-18-34)27-14-13-26(31-32-27)24-11-6-7-12-25(24)30/h3-7,9-14,22H,8,15-21H2,1-2H3. The number of rotatable bonds is 8. The van der Waals surface area contributed by atoms with Gasteiger partial charge >= 0.3 is 0 Å². The highest BCUT2D eigenvalue weighted by molar-refractivity contribution is 6.33. The number of amides is 2. The Balaban J connectivity index is 1.36. The lowest BCUT2D eigenvalue weighted by molar-refractivity contribution is -0.140. The van der Waals surface area contributed by atoms with Gasteiger partial charge in [-0.05, 0) is 36.1 Å². The highest BCUT2D eigenvalue weighted by atomic mass is 35.5. The second-order valence-electron chi connectivity index (χ2n) is 9.81. The van der Waals surface area contributed by atoms with E-state index in [4.69, 9.17) is 11.6 Å². The topological polar surface area (TPSA) is 69.6 Å². The summed E-state index contributed by atoms with van der Waals surface area (Å²) in [5, 5.41) is 9.47. The van der Waals surface area contributed by atoms with Gasteiger partial charge in [0.25, 0.3) is 0 Å². The molecule has 4 rings (SSSR count). The molecule has 1 saturated heterocycles. The SMILES string of the molecule is CC(C)CN(CC(=O)N1CCCN(c2ccc(-c3ccccc3Cl)nn2)CC1)C(=O)Cc1ccccc1. The Bertz CT molecular complexity index is 1190. The van der Waals surface area contributed by atoms with Crippen LogP contribution >= 0.6 is 11.6 Å². The normalized spacial score (nSPS) is 13.9. The number of benzene rings is 2. The average Bonchev–Trinajstić information content (AvgIpc) is 3.16. The fourth-order valence-corrected chi connectivity index (χ4v) is 4.78. The van der Waals surface area contributed by atoms with Gasteiger partial charge in [-0.3, -0.25) is 9.59 Å². The molecule has 1 aromatic heterocycles. The van der Waals surface area contributed by atoms with E-state index in [0.717, 1.165) is 35.6 Å². The van der Waals surface area contributed by atoms with E-state index in [1.54, 1.807) is 4.90 Å². The molecule has 0 atom stereocenters. The fourth-order valence-electron chi connectivity index (χ4n) is 4.54. The molecule has 1 aliphatic heterocycles. The van der Waals surface area contributed by atoms with E-state index in [9.17, 15) is 9.59 Å². The number of halogens is 1.